The second-order valence-corrected chi connectivity index (χ2v) is 7.65. The highest BCUT2D eigenvalue weighted by Gasteiger charge is 2.40. The molecule has 0 spiro atoms. The second kappa shape index (κ2) is 6.34. The molecule has 1 heterocycles. The number of nitrogens with zero attached hydrogens (tertiary/aromatic N) is 1. The third-order valence-corrected chi connectivity index (χ3v) is 5.81. The first-order valence-electron chi connectivity index (χ1n) is 8.72. The van der Waals surface area contributed by atoms with Crippen molar-refractivity contribution in [2.45, 2.75) is 44.2 Å². The molecule has 2 aromatic rings. The molecule has 4 rings (SSSR count). The van der Waals surface area contributed by atoms with Crippen molar-refractivity contribution in [3.8, 4) is 0 Å². The monoisotopic (exact) mass is 343 g/mol. The summed E-state index contributed by atoms with van der Waals surface area (Å²) < 4.78 is 0. The van der Waals surface area contributed by atoms with Gasteiger partial charge in [0.1, 0.15) is 0 Å². The third kappa shape index (κ3) is 2.89. The zero-order valence-electron chi connectivity index (χ0n) is 13.5. The van der Waals surface area contributed by atoms with Crippen LogP contribution in [0.3, 0.4) is 0 Å². The van der Waals surface area contributed by atoms with Crippen LogP contribution >= 0.6 is 11.6 Å². The number of aromatic nitrogens is 1. The number of pyridine rings is 1. The van der Waals surface area contributed by atoms with Crippen molar-refractivity contribution in [1.82, 2.24) is 10.3 Å². The summed E-state index contributed by atoms with van der Waals surface area (Å²) in [4.78, 5) is 17.3. The lowest BCUT2D eigenvalue weighted by Crippen LogP contribution is -2.53. The van der Waals surface area contributed by atoms with E-state index in [1.54, 1.807) is 12.3 Å². The minimum atomic E-state index is -0.0708. The number of rotatable bonds is 2. The number of carbonyl (C=O) groups excluding carboxylic acids is 1. The van der Waals surface area contributed by atoms with E-state index in [4.69, 9.17) is 17.3 Å². The third-order valence-electron chi connectivity index (χ3n) is 5.59. The minimum absolute atomic E-state index is 0.0708. The fourth-order valence-electron chi connectivity index (χ4n) is 4.58. The molecule has 24 heavy (non-hydrogen) atoms. The van der Waals surface area contributed by atoms with E-state index in [2.05, 4.69) is 10.3 Å². The van der Waals surface area contributed by atoms with Gasteiger partial charge in [-0.2, -0.15) is 0 Å². The highest BCUT2D eigenvalue weighted by atomic mass is 35.5. The standard InChI is InChI=1S/C19H22ClN3O/c20-14-7-11-5-2-6-22-18(11)16(10-14)19(24)23-17-12-3-1-4-13(17)9-15(21)8-12/h2,5-7,10,12-13,15,17H,1,3-4,8-9,21H2,(H,23,24). The fraction of sp³-hybridized carbons (Fsp3) is 0.474. The molecule has 0 saturated heterocycles. The lowest BCUT2D eigenvalue weighted by Gasteiger charge is -2.45. The fourth-order valence-corrected chi connectivity index (χ4v) is 4.81. The Bertz CT molecular complexity index is 764. The van der Waals surface area contributed by atoms with Gasteiger partial charge in [0.2, 0.25) is 0 Å². The van der Waals surface area contributed by atoms with E-state index in [1.165, 1.54) is 6.42 Å². The lowest BCUT2D eigenvalue weighted by atomic mass is 9.67. The van der Waals surface area contributed by atoms with Crippen LogP contribution in [0, 0.1) is 11.8 Å². The van der Waals surface area contributed by atoms with Gasteiger partial charge in [-0.3, -0.25) is 9.78 Å². The predicted octanol–water partition coefficient (Wildman–Crippen LogP) is 3.52. The molecule has 2 aliphatic rings. The summed E-state index contributed by atoms with van der Waals surface area (Å²) in [6.45, 7) is 0. The number of benzene rings is 1. The van der Waals surface area contributed by atoms with Crippen molar-refractivity contribution >= 4 is 28.4 Å². The number of hydrogen-bond acceptors (Lipinski definition) is 3. The first-order chi connectivity index (χ1) is 11.6. The normalized spacial score (nSPS) is 29.4. The number of carbonyl (C=O) groups is 1. The molecule has 1 aromatic carbocycles. The van der Waals surface area contributed by atoms with Crippen molar-refractivity contribution in [1.29, 1.82) is 0 Å². The molecule has 0 radical (unpaired) electrons. The number of fused-ring (bicyclic) bond motifs is 3. The van der Waals surface area contributed by atoms with Crippen LogP contribution in [0.15, 0.2) is 30.5 Å². The Morgan fingerprint density at radius 1 is 1.25 bits per heavy atom. The summed E-state index contributed by atoms with van der Waals surface area (Å²) in [6.07, 6.45) is 7.29. The second-order valence-electron chi connectivity index (χ2n) is 7.21. The van der Waals surface area contributed by atoms with Gasteiger partial charge in [0.05, 0.1) is 11.1 Å². The molecule has 1 amide bonds. The highest BCUT2D eigenvalue weighted by Crippen LogP contribution is 2.40. The molecular weight excluding hydrogens is 322 g/mol. The van der Waals surface area contributed by atoms with Gasteiger partial charge in [-0.25, -0.2) is 0 Å². The topological polar surface area (TPSA) is 68.0 Å². The zero-order valence-corrected chi connectivity index (χ0v) is 14.3. The number of amides is 1. The van der Waals surface area contributed by atoms with E-state index in [0.29, 0.717) is 27.9 Å². The van der Waals surface area contributed by atoms with Crippen molar-refractivity contribution in [3.63, 3.8) is 0 Å². The summed E-state index contributed by atoms with van der Waals surface area (Å²) in [5.41, 5.74) is 7.45. The Labute approximate surface area is 146 Å². The molecule has 2 atom stereocenters. The quantitative estimate of drug-likeness (QED) is 0.876. The molecular formula is C19H22ClN3O. The Kier molecular flexibility index (Phi) is 4.19. The molecule has 2 bridgehead atoms. The summed E-state index contributed by atoms with van der Waals surface area (Å²) in [6, 6.07) is 7.85. The molecule has 2 fully saturated rings. The van der Waals surface area contributed by atoms with E-state index in [0.717, 1.165) is 31.1 Å². The molecule has 1 aromatic heterocycles. The van der Waals surface area contributed by atoms with E-state index >= 15 is 0 Å². The first-order valence-corrected chi connectivity index (χ1v) is 9.10. The minimum Gasteiger partial charge on any atom is -0.349 e. The van der Waals surface area contributed by atoms with Crippen LogP contribution in [0.1, 0.15) is 42.5 Å². The van der Waals surface area contributed by atoms with Crippen LogP contribution in [0.25, 0.3) is 10.9 Å². The Morgan fingerprint density at radius 3 is 2.75 bits per heavy atom. The van der Waals surface area contributed by atoms with Gasteiger partial charge in [-0.15, -0.1) is 0 Å². The largest absolute Gasteiger partial charge is 0.349 e. The first kappa shape index (κ1) is 15.9. The number of nitrogens with two attached hydrogens (primary N) is 1. The highest BCUT2D eigenvalue weighted by molar-refractivity contribution is 6.32. The summed E-state index contributed by atoms with van der Waals surface area (Å²) in [7, 11) is 0. The Balaban J connectivity index is 1.63. The van der Waals surface area contributed by atoms with Crippen LogP contribution in [0.5, 0.6) is 0 Å². The molecule has 2 aliphatic carbocycles. The predicted molar refractivity (Wildman–Crippen MR) is 96.0 cm³/mol. The molecule has 5 heteroatoms. The van der Waals surface area contributed by atoms with Gasteiger partial charge in [0.25, 0.3) is 5.91 Å². The van der Waals surface area contributed by atoms with Crippen molar-refractivity contribution in [3.05, 3.63) is 41.0 Å². The molecule has 4 nitrogen and oxygen atoms in total. The molecule has 2 unspecified atom stereocenters. The summed E-state index contributed by atoms with van der Waals surface area (Å²) in [5, 5.41) is 4.74. The maximum absolute atomic E-state index is 13.0. The van der Waals surface area contributed by atoms with Crippen LogP contribution in [0.4, 0.5) is 0 Å². The lowest BCUT2D eigenvalue weighted by molar-refractivity contribution is 0.0757. The van der Waals surface area contributed by atoms with Crippen molar-refractivity contribution in [2.24, 2.45) is 17.6 Å². The van der Waals surface area contributed by atoms with Gasteiger partial charge < -0.3 is 11.1 Å². The van der Waals surface area contributed by atoms with Gasteiger partial charge in [-0.05, 0) is 55.7 Å². The van der Waals surface area contributed by atoms with Crippen molar-refractivity contribution < 1.29 is 4.79 Å². The summed E-state index contributed by atoms with van der Waals surface area (Å²) >= 11 is 6.20. The maximum atomic E-state index is 13.0. The van der Waals surface area contributed by atoms with Crippen molar-refractivity contribution in [2.75, 3.05) is 0 Å². The molecule has 3 N–H and O–H groups in total. The Morgan fingerprint density at radius 2 is 2.00 bits per heavy atom. The molecule has 126 valence electrons. The van der Waals surface area contributed by atoms with E-state index in [9.17, 15) is 4.79 Å². The maximum Gasteiger partial charge on any atom is 0.253 e. The van der Waals surface area contributed by atoms with E-state index in [1.807, 2.05) is 18.2 Å². The van der Waals surface area contributed by atoms with Gasteiger partial charge in [0.15, 0.2) is 0 Å². The van der Waals surface area contributed by atoms with E-state index < -0.39 is 0 Å². The SMILES string of the molecule is NC1CC2CCCC(C1)C2NC(=O)c1cc(Cl)cc2cccnc12. The number of hydrogen-bond donors (Lipinski definition) is 2. The Hall–Kier alpha value is -1.65. The number of halogens is 1. The number of nitrogens with one attached hydrogen (secondary N) is 1. The van der Waals surface area contributed by atoms with Gasteiger partial charge in [-0.1, -0.05) is 24.1 Å². The van der Waals surface area contributed by atoms with Crippen LogP contribution in [-0.2, 0) is 0 Å². The zero-order chi connectivity index (χ0) is 16.7. The summed E-state index contributed by atoms with van der Waals surface area (Å²) in [5.74, 6) is 0.920. The smallest absolute Gasteiger partial charge is 0.253 e. The van der Waals surface area contributed by atoms with E-state index in [-0.39, 0.29) is 18.0 Å². The van der Waals surface area contributed by atoms with Crippen LogP contribution < -0.4 is 11.1 Å². The van der Waals surface area contributed by atoms with Crippen LogP contribution in [0.2, 0.25) is 5.02 Å². The average Bonchev–Trinajstić information content (AvgIpc) is 2.54. The molecule has 0 aliphatic heterocycles. The van der Waals surface area contributed by atoms with Gasteiger partial charge in [0, 0.05) is 28.7 Å². The average molecular weight is 344 g/mol. The van der Waals surface area contributed by atoms with Crippen LogP contribution in [-0.4, -0.2) is 23.0 Å². The van der Waals surface area contributed by atoms with Gasteiger partial charge >= 0.3 is 0 Å². The molecule has 2 saturated carbocycles.